The molecule has 0 unspecified atom stereocenters. The van der Waals surface area contributed by atoms with Crippen LogP contribution in [0.5, 0.6) is 0 Å². The summed E-state index contributed by atoms with van der Waals surface area (Å²) in [6.07, 6.45) is 0. The second-order valence-electron chi connectivity index (χ2n) is 6.10. The summed E-state index contributed by atoms with van der Waals surface area (Å²) in [4.78, 5) is 0. The number of nitrogens with zero attached hydrogens (tertiary/aromatic N) is 1. The van der Waals surface area contributed by atoms with E-state index >= 15 is 0 Å². The maximum absolute atomic E-state index is 7.13. The van der Waals surface area contributed by atoms with Gasteiger partial charge in [0.15, 0.2) is 0 Å². The minimum atomic E-state index is -1.91. The van der Waals surface area contributed by atoms with Crippen molar-refractivity contribution in [2.75, 3.05) is 0 Å². The van der Waals surface area contributed by atoms with Gasteiger partial charge in [0.2, 0.25) is 0 Å². The average molecular weight is 397 g/mol. The first-order chi connectivity index (χ1) is 13.8. The van der Waals surface area contributed by atoms with Crippen LogP contribution in [0.15, 0.2) is 121 Å². The molecule has 0 fully saturated rings. The highest BCUT2D eigenvalue weighted by atomic mass is 32.1. The van der Waals surface area contributed by atoms with Crippen LogP contribution >= 0.6 is 7.26 Å². The third kappa shape index (κ3) is 3.97. The predicted octanol–water partition coefficient (Wildman–Crippen LogP) is 4.32. The Labute approximate surface area is 173 Å². The van der Waals surface area contributed by atoms with Crippen molar-refractivity contribution in [2.45, 2.75) is 0 Å². The van der Waals surface area contributed by atoms with E-state index in [2.05, 4.69) is 134 Å². The monoisotopic (exact) mass is 397 g/mol. The highest BCUT2D eigenvalue weighted by Gasteiger charge is 2.47. The second kappa shape index (κ2) is 9.81. The number of nitriles is 1. The zero-order valence-corrected chi connectivity index (χ0v) is 17.1. The number of hydrogen-bond acceptors (Lipinski definition) is 2. The molecule has 0 amide bonds. The van der Waals surface area contributed by atoms with E-state index in [4.69, 9.17) is 5.26 Å². The SMILES string of the molecule is N#C[S-].c1ccc([P+](c2ccccc2)(c2ccccc2)c2ccccc2)cc1. The summed E-state index contributed by atoms with van der Waals surface area (Å²) in [6, 6.07) is 43.8. The van der Waals surface area contributed by atoms with Crippen LogP contribution in [-0.4, -0.2) is 0 Å². The summed E-state index contributed by atoms with van der Waals surface area (Å²) < 4.78 is 0. The summed E-state index contributed by atoms with van der Waals surface area (Å²) in [5.74, 6) is 0. The molecule has 0 aromatic heterocycles. The van der Waals surface area contributed by atoms with Crippen molar-refractivity contribution in [1.82, 2.24) is 0 Å². The molecular weight excluding hydrogens is 377 g/mol. The van der Waals surface area contributed by atoms with Crippen molar-refractivity contribution in [2.24, 2.45) is 0 Å². The van der Waals surface area contributed by atoms with E-state index in [-0.39, 0.29) is 0 Å². The molecule has 0 spiro atoms. The Kier molecular flexibility index (Phi) is 6.93. The Hall–Kier alpha value is -2.98. The Morgan fingerprint density at radius 2 is 0.643 bits per heavy atom. The molecule has 4 aromatic rings. The standard InChI is InChI=1S/C24H20P.CHNS/c1-5-13-21(14-6-1)25(22-15-7-2-8-16-22,23-17-9-3-10-18-23)24-19-11-4-12-20-24;2-1-3/h1-20H;3H/q+1;/p-1. The largest absolute Gasteiger partial charge is 0.696 e. The lowest BCUT2D eigenvalue weighted by Crippen LogP contribution is -2.38. The van der Waals surface area contributed by atoms with Gasteiger partial charge in [-0.1, -0.05) is 78.2 Å². The molecule has 4 aromatic carbocycles. The Morgan fingerprint density at radius 1 is 0.464 bits per heavy atom. The molecule has 3 heteroatoms. The summed E-state index contributed by atoms with van der Waals surface area (Å²) in [6.45, 7) is 0. The van der Waals surface area contributed by atoms with Crippen LogP contribution < -0.4 is 21.2 Å². The zero-order valence-electron chi connectivity index (χ0n) is 15.3. The molecule has 0 atom stereocenters. The van der Waals surface area contributed by atoms with Crippen LogP contribution in [0, 0.1) is 10.7 Å². The van der Waals surface area contributed by atoms with Crippen LogP contribution in [0.4, 0.5) is 0 Å². The van der Waals surface area contributed by atoms with Crippen molar-refractivity contribution in [3.8, 4) is 5.40 Å². The van der Waals surface area contributed by atoms with Gasteiger partial charge in [-0.2, -0.15) is 0 Å². The quantitative estimate of drug-likeness (QED) is 0.291. The van der Waals surface area contributed by atoms with Gasteiger partial charge < -0.3 is 12.6 Å². The molecule has 0 bridgehead atoms. The Balaban J connectivity index is 0.000000706. The minimum absolute atomic E-state index is 1.33. The maximum Gasteiger partial charge on any atom is 0.144 e. The van der Waals surface area contributed by atoms with Gasteiger partial charge in [0, 0.05) is 0 Å². The lowest BCUT2D eigenvalue weighted by atomic mass is 10.3. The van der Waals surface area contributed by atoms with Gasteiger partial charge in [0.25, 0.3) is 0 Å². The third-order valence-corrected chi connectivity index (χ3v) is 8.86. The van der Waals surface area contributed by atoms with Gasteiger partial charge in [-0.15, -0.1) is 0 Å². The number of hydrogen-bond donors (Lipinski definition) is 0. The summed E-state index contributed by atoms with van der Waals surface area (Å²) in [5.41, 5.74) is 0. The van der Waals surface area contributed by atoms with E-state index in [0.717, 1.165) is 0 Å². The molecule has 136 valence electrons. The van der Waals surface area contributed by atoms with E-state index < -0.39 is 7.26 Å². The van der Waals surface area contributed by atoms with E-state index in [1.54, 1.807) is 0 Å². The molecule has 0 radical (unpaired) electrons. The minimum Gasteiger partial charge on any atom is -0.696 e. The maximum atomic E-state index is 7.13. The first kappa shape index (κ1) is 19.8. The van der Waals surface area contributed by atoms with Crippen molar-refractivity contribution in [1.29, 1.82) is 5.26 Å². The highest BCUT2D eigenvalue weighted by Crippen LogP contribution is 2.53. The average Bonchev–Trinajstić information content (AvgIpc) is 2.78. The van der Waals surface area contributed by atoms with Crippen molar-refractivity contribution >= 4 is 41.1 Å². The van der Waals surface area contributed by atoms with Gasteiger partial charge in [0.05, 0.1) is 0 Å². The van der Waals surface area contributed by atoms with Gasteiger partial charge in [0.1, 0.15) is 28.5 Å². The van der Waals surface area contributed by atoms with Crippen molar-refractivity contribution in [3.05, 3.63) is 121 Å². The number of rotatable bonds is 4. The highest BCUT2D eigenvalue weighted by molar-refractivity contribution is 8.01. The molecule has 0 heterocycles. The first-order valence-electron chi connectivity index (χ1n) is 8.96. The van der Waals surface area contributed by atoms with Gasteiger partial charge in [-0.05, 0) is 48.5 Å². The topological polar surface area (TPSA) is 23.8 Å². The summed E-state index contributed by atoms with van der Waals surface area (Å²) in [5, 5.41) is 14.0. The third-order valence-electron chi connectivity index (χ3n) is 4.57. The Morgan fingerprint density at radius 3 is 0.821 bits per heavy atom. The molecule has 1 nitrogen and oxygen atoms in total. The normalized spacial score (nSPS) is 10.2. The van der Waals surface area contributed by atoms with Crippen molar-refractivity contribution in [3.63, 3.8) is 0 Å². The lowest BCUT2D eigenvalue weighted by Gasteiger charge is -2.27. The van der Waals surface area contributed by atoms with E-state index in [1.807, 2.05) is 0 Å². The lowest BCUT2D eigenvalue weighted by molar-refractivity contribution is 1.57. The van der Waals surface area contributed by atoms with Crippen LogP contribution in [0.2, 0.25) is 0 Å². The first-order valence-corrected chi connectivity index (χ1v) is 11.2. The fraction of sp³-hybridized carbons (Fsp3) is 0. The molecular formula is C25H20NPS. The summed E-state index contributed by atoms with van der Waals surface area (Å²) >= 11 is 3.70. The van der Waals surface area contributed by atoms with Crippen LogP contribution in [0.3, 0.4) is 0 Å². The molecule has 0 aliphatic rings. The zero-order chi connectivity index (χ0) is 19.7. The van der Waals surface area contributed by atoms with Gasteiger partial charge in [-0.25, -0.2) is 5.26 Å². The number of thiocyanates is 1. The van der Waals surface area contributed by atoms with E-state index in [9.17, 15) is 0 Å². The molecule has 4 rings (SSSR count). The Bertz CT molecular complexity index is 850. The van der Waals surface area contributed by atoms with E-state index in [0.29, 0.717) is 0 Å². The molecule has 0 aliphatic carbocycles. The van der Waals surface area contributed by atoms with E-state index in [1.165, 1.54) is 26.6 Å². The fourth-order valence-electron chi connectivity index (χ4n) is 3.50. The fourth-order valence-corrected chi connectivity index (χ4v) is 7.77. The molecule has 0 N–H and O–H groups in total. The van der Waals surface area contributed by atoms with Gasteiger partial charge in [-0.3, -0.25) is 0 Å². The van der Waals surface area contributed by atoms with Gasteiger partial charge >= 0.3 is 0 Å². The second-order valence-corrected chi connectivity index (χ2v) is 9.69. The smallest absolute Gasteiger partial charge is 0.144 e. The number of benzene rings is 4. The van der Waals surface area contributed by atoms with Crippen LogP contribution in [0.1, 0.15) is 0 Å². The molecule has 0 saturated heterocycles. The molecule has 28 heavy (non-hydrogen) atoms. The van der Waals surface area contributed by atoms with Crippen LogP contribution in [-0.2, 0) is 12.6 Å². The summed E-state index contributed by atoms with van der Waals surface area (Å²) in [7, 11) is -1.91. The molecule has 0 saturated carbocycles. The predicted molar refractivity (Wildman–Crippen MR) is 124 cm³/mol. The van der Waals surface area contributed by atoms with Crippen molar-refractivity contribution < 1.29 is 0 Å². The molecule has 0 aliphatic heterocycles. The van der Waals surface area contributed by atoms with Crippen LogP contribution in [0.25, 0.3) is 0 Å².